The van der Waals surface area contributed by atoms with Crippen molar-refractivity contribution < 1.29 is 46.4 Å². The van der Waals surface area contributed by atoms with Gasteiger partial charge in [-0.25, -0.2) is 4.98 Å². The quantitative estimate of drug-likeness (QED) is 0.0646. The summed E-state index contributed by atoms with van der Waals surface area (Å²) >= 11 is 0. The van der Waals surface area contributed by atoms with E-state index in [9.17, 15) is 23.0 Å². The van der Waals surface area contributed by atoms with Crippen LogP contribution >= 0.6 is 0 Å². The molecule has 6 rings (SSSR count). The molecule has 0 aliphatic carbocycles. The molecule has 0 saturated heterocycles. The Bertz CT molecular complexity index is 2350. The number of hydrogen-bond acceptors (Lipinski definition) is 11. The number of nitrogens with zero attached hydrogens (tertiary/aromatic N) is 5. The van der Waals surface area contributed by atoms with Crippen LogP contribution < -0.4 is 30.5 Å². The normalized spacial score (nSPS) is 14.2. The molecule has 3 amide bonds. The number of amides is 3. The van der Waals surface area contributed by atoms with Crippen LogP contribution in [0.3, 0.4) is 0 Å². The first-order valence-corrected chi connectivity index (χ1v) is 20.2. The predicted octanol–water partition coefficient (Wildman–Crippen LogP) is 5.14. The number of carbonyl (C=O) groups excluding carboxylic acids is 3. The summed E-state index contributed by atoms with van der Waals surface area (Å²) in [5, 5.41) is 8.83. The minimum Gasteiger partial charge on any atom is -0.495 e. The smallest absolute Gasteiger partial charge is 0.495 e. The Morgan fingerprint density at radius 3 is 2.34 bits per heavy atom. The summed E-state index contributed by atoms with van der Waals surface area (Å²) in [4.78, 5) is 54.0. The van der Waals surface area contributed by atoms with Crippen LogP contribution in [-0.4, -0.2) is 124 Å². The van der Waals surface area contributed by atoms with E-state index in [1.807, 2.05) is 42.3 Å². The Morgan fingerprint density at radius 1 is 0.903 bits per heavy atom. The van der Waals surface area contributed by atoms with Crippen LogP contribution in [0.4, 0.5) is 37.5 Å². The molecule has 2 aromatic carbocycles. The number of allylic oxidation sites excluding steroid dienone is 2. The van der Waals surface area contributed by atoms with Crippen molar-refractivity contribution in [2.24, 2.45) is 0 Å². The number of rotatable bonds is 21. The standard InChI is InChI=1S/C43H50BF2N9O7/c1-28-24-29(2)55(44(45)46)36(28)26-32-12-11-31(50-32)13-15-39(56)47-16-18-60-20-22-62-23-21-61-19-17-48-41(57)30-10-14-34(38(25-30)59-5)51-43-49-27-37-40(52-43)53(3)35-9-7-6-8-33(35)42(58)54(37)4/h6-12,14,24-27,50H,13,15-23H2,1-5H3,(H2-,47,48,49,51,52,56,57)/q-1/p+1. The highest BCUT2D eigenvalue weighted by molar-refractivity contribution is 6.35. The van der Waals surface area contributed by atoms with Gasteiger partial charge in [0.2, 0.25) is 11.9 Å². The van der Waals surface area contributed by atoms with Gasteiger partial charge in [0.15, 0.2) is 11.5 Å². The highest BCUT2D eigenvalue weighted by atomic mass is 19.2. The van der Waals surface area contributed by atoms with Gasteiger partial charge < -0.3 is 62.8 Å². The maximum absolute atomic E-state index is 13.5. The topological polar surface area (TPSA) is 175 Å². The maximum atomic E-state index is 13.5. The molecule has 0 spiro atoms. The summed E-state index contributed by atoms with van der Waals surface area (Å²) in [5.41, 5.74) is 6.01. The van der Waals surface area contributed by atoms with Gasteiger partial charge in [-0.15, -0.1) is 0 Å². The molecule has 0 bridgehead atoms. The molecule has 0 atom stereocenters. The molecule has 2 aliphatic rings. The van der Waals surface area contributed by atoms with Crippen molar-refractivity contribution in [2.45, 2.75) is 26.7 Å². The van der Waals surface area contributed by atoms with Crippen LogP contribution in [0.5, 0.6) is 5.75 Å². The van der Waals surface area contributed by atoms with Gasteiger partial charge >= 0.3 is 7.40 Å². The molecule has 2 aliphatic heterocycles. The number of aromatic nitrogens is 3. The number of aryl methyl sites for hydroxylation is 1. The average Bonchev–Trinajstić information content (AvgIpc) is 3.83. The number of ether oxygens (including phenoxy) is 4. The third-order valence-electron chi connectivity index (χ3n) is 10.1. The lowest BCUT2D eigenvalue weighted by Gasteiger charge is -2.21. The third kappa shape index (κ3) is 11.3. The second-order valence-electron chi connectivity index (χ2n) is 14.4. The summed E-state index contributed by atoms with van der Waals surface area (Å²) in [5.74, 6) is 0.660. The van der Waals surface area contributed by atoms with Crippen molar-refractivity contribution >= 4 is 65.7 Å². The first kappa shape index (κ1) is 45.1. The highest BCUT2D eigenvalue weighted by Crippen LogP contribution is 2.38. The SMILES string of the molecule is COc1cc(C(=O)NCCOCCOCCOCCNC(=O)CCc2ccc(C=C3C(C)=CC(C)=[N+]3[B-](F)F)[nH]2)ccc1Nc1ncc2c(n1)N(C)c1ccccc1C(=O)N2C. The largest absolute Gasteiger partial charge is 0.609 e. The van der Waals surface area contributed by atoms with Gasteiger partial charge in [0.05, 0.1) is 69.9 Å². The van der Waals surface area contributed by atoms with Crippen molar-refractivity contribution in [1.82, 2.24) is 25.6 Å². The summed E-state index contributed by atoms with van der Waals surface area (Å²) < 4.78 is 50.2. The number of para-hydroxylation sites is 1. The average molecular weight is 855 g/mol. The zero-order chi connectivity index (χ0) is 44.2. The lowest BCUT2D eigenvalue weighted by atomic mass is 10.1. The Hall–Kier alpha value is -6.44. The molecule has 327 valence electrons. The second-order valence-corrected chi connectivity index (χ2v) is 14.4. The maximum Gasteiger partial charge on any atom is 0.609 e. The van der Waals surface area contributed by atoms with E-state index in [0.29, 0.717) is 97.2 Å². The lowest BCUT2D eigenvalue weighted by molar-refractivity contribution is -0.342. The third-order valence-corrected chi connectivity index (χ3v) is 10.1. The van der Waals surface area contributed by atoms with E-state index in [1.165, 1.54) is 12.0 Å². The van der Waals surface area contributed by atoms with Crippen molar-refractivity contribution in [3.63, 3.8) is 0 Å². The molecule has 4 N–H and O–H groups in total. The molecule has 4 heterocycles. The van der Waals surface area contributed by atoms with E-state index in [4.69, 9.17) is 23.9 Å². The fraction of sp³-hybridized carbons (Fsp3) is 0.349. The van der Waals surface area contributed by atoms with Gasteiger partial charge in [0.1, 0.15) is 17.1 Å². The van der Waals surface area contributed by atoms with E-state index in [0.717, 1.165) is 21.4 Å². The number of methoxy groups -OCH3 is 1. The fourth-order valence-electron chi connectivity index (χ4n) is 6.91. The Balaban J connectivity index is 0.811. The van der Waals surface area contributed by atoms with Crippen LogP contribution in [-0.2, 0) is 25.4 Å². The zero-order valence-electron chi connectivity index (χ0n) is 35.4. The van der Waals surface area contributed by atoms with Gasteiger partial charge in [-0.1, -0.05) is 12.1 Å². The number of aromatic amines is 1. The van der Waals surface area contributed by atoms with E-state index in [2.05, 4.69) is 25.9 Å². The molecule has 4 aromatic rings. The van der Waals surface area contributed by atoms with Crippen LogP contribution in [0.2, 0.25) is 0 Å². The lowest BCUT2D eigenvalue weighted by Crippen LogP contribution is -2.28. The van der Waals surface area contributed by atoms with Crippen molar-refractivity contribution in [3.8, 4) is 5.75 Å². The van der Waals surface area contributed by atoms with Crippen LogP contribution in [0.25, 0.3) is 6.08 Å². The number of fused-ring (bicyclic) bond motifs is 2. The highest BCUT2D eigenvalue weighted by Gasteiger charge is 2.30. The summed E-state index contributed by atoms with van der Waals surface area (Å²) in [6.45, 7) is 6.11. The summed E-state index contributed by atoms with van der Waals surface area (Å²) in [6.07, 6.45) is 5.76. The molecular formula is C43H51BF2N9O7. The van der Waals surface area contributed by atoms with Gasteiger partial charge in [-0.3, -0.25) is 14.4 Å². The zero-order valence-corrected chi connectivity index (χ0v) is 35.4. The number of halogens is 2. The number of carbonyl (C=O) groups is 3. The number of benzene rings is 2. The van der Waals surface area contributed by atoms with Gasteiger partial charge in [-0.2, -0.15) is 4.98 Å². The van der Waals surface area contributed by atoms with E-state index in [1.54, 1.807) is 63.5 Å². The first-order valence-electron chi connectivity index (χ1n) is 20.2. The number of anilines is 5. The van der Waals surface area contributed by atoms with Gasteiger partial charge in [-0.05, 0) is 55.8 Å². The Kier molecular flexibility index (Phi) is 15.6. The summed E-state index contributed by atoms with van der Waals surface area (Å²) in [7, 11) is 2.41. The van der Waals surface area contributed by atoms with Crippen molar-refractivity contribution in [3.05, 3.63) is 101 Å². The Morgan fingerprint density at radius 2 is 1.61 bits per heavy atom. The second kappa shape index (κ2) is 21.4. The molecule has 2 aromatic heterocycles. The fourth-order valence-corrected chi connectivity index (χ4v) is 6.91. The number of hydrogen-bond donors (Lipinski definition) is 4. The summed E-state index contributed by atoms with van der Waals surface area (Å²) in [6, 6.07) is 16.0. The van der Waals surface area contributed by atoms with Gasteiger partial charge in [0, 0.05) is 75.2 Å². The molecule has 1 radical (unpaired) electrons. The molecule has 0 unspecified atom stereocenters. The molecule has 19 heteroatoms. The molecule has 62 heavy (non-hydrogen) atoms. The van der Waals surface area contributed by atoms with E-state index in [-0.39, 0.29) is 43.2 Å². The van der Waals surface area contributed by atoms with Crippen LogP contribution in [0.15, 0.2) is 78.1 Å². The van der Waals surface area contributed by atoms with E-state index >= 15 is 0 Å². The number of nitrogens with one attached hydrogen (secondary N) is 4. The molecular weight excluding hydrogens is 803 g/mol. The minimum atomic E-state index is -2.63. The number of H-pyrrole nitrogens is 1. The Labute approximate surface area is 359 Å². The van der Waals surface area contributed by atoms with Crippen molar-refractivity contribution in [1.29, 1.82) is 0 Å². The van der Waals surface area contributed by atoms with Crippen molar-refractivity contribution in [2.75, 3.05) is 89.1 Å². The first-order chi connectivity index (χ1) is 29.9. The minimum absolute atomic E-state index is 0.121. The van der Waals surface area contributed by atoms with E-state index < -0.39 is 7.40 Å². The molecule has 0 fully saturated rings. The van der Waals surface area contributed by atoms with Crippen LogP contribution in [0, 0.1) is 0 Å². The van der Waals surface area contributed by atoms with Crippen LogP contribution in [0.1, 0.15) is 52.4 Å². The predicted molar refractivity (Wildman–Crippen MR) is 233 cm³/mol. The molecule has 16 nitrogen and oxygen atoms in total. The van der Waals surface area contributed by atoms with Gasteiger partial charge in [0.25, 0.3) is 11.8 Å². The molecule has 0 saturated carbocycles. The monoisotopic (exact) mass is 854 g/mol.